The highest BCUT2D eigenvalue weighted by Gasteiger charge is 2.29. The van der Waals surface area contributed by atoms with Gasteiger partial charge in [-0.3, -0.25) is 4.98 Å². The molecule has 0 amide bonds. The molecule has 208 valence electrons. The molecule has 2 aliphatic rings. The Morgan fingerprint density at radius 1 is 1.07 bits per heavy atom. The summed E-state index contributed by atoms with van der Waals surface area (Å²) in [5.41, 5.74) is 0.139. The third kappa shape index (κ3) is 4.43. The highest BCUT2D eigenvalue weighted by atomic mass is 19.1. The van der Waals surface area contributed by atoms with E-state index in [2.05, 4.69) is 20.3 Å². The predicted molar refractivity (Wildman–Crippen MR) is 148 cm³/mol. The average Bonchev–Trinajstić information content (AvgIpc) is 2.94. The Balaban J connectivity index is 1.76. The Bertz CT molecular complexity index is 1660. The van der Waals surface area contributed by atoms with E-state index in [1.165, 1.54) is 22.8 Å². The minimum absolute atomic E-state index is 0.00775. The molecule has 40 heavy (non-hydrogen) atoms. The summed E-state index contributed by atoms with van der Waals surface area (Å²) in [4.78, 5) is 29.7. The predicted octanol–water partition coefficient (Wildman–Crippen LogP) is 4.20. The molecule has 11 heteroatoms. The van der Waals surface area contributed by atoms with Gasteiger partial charge in [0.2, 0.25) is 0 Å². The van der Waals surface area contributed by atoms with Crippen LogP contribution in [-0.4, -0.2) is 58.4 Å². The van der Waals surface area contributed by atoms with E-state index in [0.29, 0.717) is 54.4 Å². The highest BCUT2D eigenvalue weighted by Crippen LogP contribution is 2.38. The van der Waals surface area contributed by atoms with Gasteiger partial charge in [-0.1, -0.05) is 19.9 Å². The van der Waals surface area contributed by atoms with Gasteiger partial charge in [0.15, 0.2) is 11.5 Å². The summed E-state index contributed by atoms with van der Waals surface area (Å²) in [5, 5.41) is 3.65. The highest BCUT2D eigenvalue weighted by molar-refractivity contribution is 5.91. The second-order valence-electron chi connectivity index (χ2n) is 10.4. The summed E-state index contributed by atoms with van der Waals surface area (Å²) >= 11 is 0. The van der Waals surface area contributed by atoms with Crippen LogP contribution in [0.1, 0.15) is 38.8 Å². The van der Waals surface area contributed by atoms with Crippen LogP contribution in [-0.2, 0) is 0 Å². The third-order valence-electron chi connectivity index (χ3n) is 7.28. The van der Waals surface area contributed by atoms with Crippen LogP contribution in [0.15, 0.2) is 41.3 Å². The molecule has 0 spiro atoms. The van der Waals surface area contributed by atoms with Crippen LogP contribution < -0.4 is 25.4 Å². The van der Waals surface area contributed by atoms with Gasteiger partial charge in [-0.05, 0) is 31.0 Å². The van der Waals surface area contributed by atoms with Gasteiger partial charge in [0.1, 0.15) is 34.5 Å². The van der Waals surface area contributed by atoms with E-state index >= 15 is 8.78 Å². The van der Waals surface area contributed by atoms with Gasteiger partial charge in [0.05, 0.1) is 29.9 Å². The van der Waals surface area contributed by atoms with Crippen molar-refractivity contribution in [1.29, 1.82) is 0 Å². The van der Waals surface area contributed by atoms with Gasteiger partial charge in [0.25, 0.3) is 0 Å². The van der Waals surface area contributed by atoms with Crippen LogP contribution in [0.25, 0.3) is 28.0 Å². The summed E-state index contributed by atoms with van der Waals surface area (Å²) < 4.78 is 44.7. The van der Waals surface area contributed by atoms with Crippen molar-refractivity contribution in [2.45, 2.75) is 39.2 Å². The first-order valence-corrected chi connectivity index (χ1v) is 13.5. The largest absolute Gasteiger partial charge is 0.493 e. The second kappa shape index (κ2) is 10.5. The lowest BCUT2D eigenvalue weighted by molar-refractivity contribution is 0.247. The SMILES string of the molecule is CC(C)c1nccc2c1-n1c(=O)nc(N3CCNC[C@@H]3C)c3cc(F)c(nc31)-c1c(F)cccc1OCCCO2. The number of aromatic nitrogens is 4. The Labute approximate surface area is 229 Å². The maximum absolute atomic E-state index is 16.0. The molecule has 2 aliphatic heterocycles. The molecule has 4 aromatic rings. The normalized spacial score (nSPS) is 17.4. The maximum atomic E-state index is 16.0. The number of benzene rings is 1. The number of pyridine rings is 2. The number of hydrogen-bond donors (Lipinski definition) is 1. The van der Waals surface area contributed by atoms with E-state index in [9.17, 15) is 4.79 Å². The first-order chi connectivity index (χ1) is 19.3. The molecule has 0 radical (unpaired) electrons. The number of fused-ring (bicyclic) bond motifs is 5. The molecular formula is C29H30F2N6O3. The van der Waals surface area contributed by atoms with Crippen molar-refractivity contribution in [3.05, 3.63) is 64.3 Å². The summed E-state index contributed by atoms with van der Waals surface area (Å²) in [6.45, 7) is 8.31. The van der Waals surface area contributed by atoms with Crippen molar-refractivity contribution in [3.8, 4) is 28.4 Å². The average molecular weight is 549 g/mol. The number of hydrogen-bond acceptors (Lipinski definition) is 8. The Morgan fingerprint density at radius 2 is 1.88 bits per heavy atom. The first kappa shape index (κ1) is 26.1. The van der Waals surface area contributed by atoms with Gasteiger partial charge in [-0.25, -0.2) is 23.1 Å². The fraction of sp³-hybridized carbons (Fsp3) is 0.379. The number of nitrogens with one attached hydrogen (secondary N) is 1. The van der Waals surface area contributed by atoms with Crippen molar-refractivity contribution in [3.63, 3.8) is 0 Å². The van der Waals surface area contributed by atoms with Gasteiger partial charge in [-0.2, -0.15) is 4.98 Å². The fourth-order valence-electron chi connectivity index (χ4n) is 5.35. The smallest absolute Gasteiger partial charge is 0.356 e. The minimum Gasteiger partial charge on any atom is -0.493 e. The van der Waals surface area contributed by atoms with Gasteiger partial charge >= 0.3 is 5.69 Å². The van der Waals surface area contributed by atoms with Crippen molar-refractivity contribution < 1.29 is 18.3 Å². The van der Waals surface area contributed by atoms with Gasteiger partial charge < -0.3 is 19.7 Å². The molecule has 6 rings (SSSR count). The lowest BCUT2D eigenvalue weighted by atomic mass is 10.1. The molecule has 9 nitrogen and oxygen atoms in total. The standard InChI is InChI=1S/C29H30F2N6O3/c1-16(2)24-26-22(8-9-33-24)40-13-5-12-39-21-7-4-6-19(30)23(21)25-20(31)14-18-27(36-11-10-32-15-17(36)3)35-29(38)37(26)28(18)34-25/h4,6-9,14,16-17,32H,5,10-13,15H2,1-3H3/t17-/m0/s1. The van der Waals surface area contributed by atoms with E-state index in [4.69, 9.17) is 9.47 Å². The van der Waals surface area contributed by atoms with Crippen molar-refractivity contribution >= 4 is 16.9 Å². The molecule has 1 saturated heterocycles. The van der Waals surface area contributed by atoms with E-state index in [1.807, 2.05) is 25.7 Å². The Morgan fingerprint density at radius 3 is 2.65 bits per heavy atom. The number of piperazine rings is 1. The monoisotopic (exact) mass is 548 g/mol. The molecule has 1 N–H and O–H groups in total. The molecular weight excluding hydrogens is 518 g/mol. The molecule has 1 atom stereocenters. The molecule has 0 aliphatic carbocycles. The van der Waals surface area contributed by atoms with Crippen LogP contribution in [0.3, 0.4) is 0 Å². The van der Waals surface area contributed by atoms with Crippen LogP contribution in [0, 0.1) is 11.6 Å². The van der Waals surface area contributed by atoms with E-state index in [1.54, 1.807) is 18.3 Å². The molecule has 1 fully saturated rings. The second-order valence-corrected chi connectivity index (χ2v) is 10.4. The molecule has 0 saturated carbocycles. The number of nitrogens with zero attached hydrogens (tertiary/aromatic N) is 5. The summed E-state index contributed by atoms with van der Waals surface area (Å²) in [6.07, 6.45) is 2.09. The Kier molecular flexibility index (Phi) is 6.83. The zero-order valence-electron chi connectivity index (χ0n) is 22.6. The molecule has 3 aromatic heterocycles. The van der Waals surface area contributed by atoms with E-state index in [0.717, 1.165) is 0 Å². The minimum atomic E-state index is -0.750. The number of rotatable bonds is 2. The van der Waals surface area contributed by atoms with Crippen LogP contribution in [0.2, 0.25) is 0 Å². The van der Waals surface area contributed by atoms with E-state index in [-0.39, 0.29) is 47.8 Å². The fourth-order valence-corrected chi connectivity index (χ4v) is 5.35. The Hall–Kier alpha value is -4.12. The van der Waals surface area contributed by atoms with E-state index < -0.39 is 17.3 Å². The number of halogens is 2. The molecule has 0 unspecified atom stereocenters. The maximum Gasteiger partial charge on any atom is 0.356 e. The summed E-state index contributed by atoms with van der Waals surface area (Å²) in [7, 11) is 0. The van der Waals surface area contributed by atoms with Crippen LogP contribution in [0.4, 0.5) is 14.6 Å². The quantitative estimate of drug-likeness (QED) is 0.398. The van der Waals surface area contributed by atoms with Crippen molar-refractivity contribution in [1.82, 2.24) is 24.8 Å². The third-order valence-corrected chi connectivity index (χ3v) is 7.28. The molecule has 5 heterocycles. The zero-order valence-corrected chi connectivity index (χ0v) is 22.6. The van der Waals surface area contributed by atoms with Crippen LogP contribution in [0.5, 0.6) is 11.5 Å². The van der Waals surface area contributed by atoms with Crippen molar-refractivity contribution in [2.75, 3.05) is 37.7 Å². The number of ether oxygens (including phenoxy) is 2. The molecule has 2 bridgehead atoms. The van der Waals surface area contributed by atoms with Gasteiger partial charge in [-0.15, -0.1) is 0 Å². The lowest BCUT2D eigenvalue weighted by Gasteiger charge is -2.35. The lowest BCUT2D eigenvalue weighted by Crippen LogP contribution is -2.50. The summed E-state index contributed by atoms with van der Waals surface area (Å²) in [6, 6.07) is 7.27. The van der Waals surface area contributed by atoms with Crippen LogP contribution >= 0.6 is 0 Å². The molecule has 1 aromatic carbocycles. The van der Waals surface area contributed by atoms with Crippen molar-refractivity contribution in [2.24, 2.45) is 0 Å². The van der Waals surface area contributed by atoms with Gasteiger partial charge in [0, 0.05) is 44.4 Å². The zero-order chi connectivity index (χ0) is 28.0. The summed E-state index contributed by atoms with van der Waals surface area (Å²) in [5.74, 6) is -0.618. The topological polar surface area (TPSA) is 94.4 Å². The first-order valence-electron chi connectivity index (χ1n) is 13.5. The number of anilines is 1.